The van der Waals surface area contributed by atoms with Crippen LogP contribution >= 0.6 is 11.3 Å². The molecule has 2 heterocycles. The summed E-state index contributed by atoms with van der Waals surface area (Å²) in [7, 11) is 0. The predicted octanol–water partition coefficient (Wildman–Crippen LogP) is 6.02. The van der Waals surface area contributed by atoms with E-state index in [1.54, 1.807) is 10.9 Å². The molecule has 0 saturated heterocycles. The summed E-state index contributed by atoms with van der Waals surface area (Å²) >= 11 is 1.47. The Labute approximate surface area is 184 Å². The first-order valence-electron chi connectivity index (χ1n) is 9.97. The van der Waals surface area contributed by atoms with Crippen LogP contribution < -0.4 is 5.32 Å². The van der Waals surface area contributed by atoms with Gasteiger partial charge in [-0.2, -0.15) is 5.10 Å². The van der Waals surface area contributed by atoms with Crippen LogP contribution in [0.1, 0.15) is 21.5 Å². The van der Waals surface area contributed by atoms with E-state index in [-0.39, 0.29) is 5.91 Å². The molecule has 0 spiro atoms. The molecule has 152 valence electrons. The Morgan fingerprint density at radius 3 is 2.45 bits per heavy atom. The Morgan fingerprint density at radius 1 is 0.935 bits per heavy atom. The van der Waals surface area contributed by atoms with E-state index in [0.29, 0.717) is 16.4 Å². The third-order valence-electron chi connectivity index (χ3n) is 5.07. The van der Waals surface area contributed by atoms with Crippen LogP contribution in [0.25, 0.3) is 27.2 Å². The lowest BCUT2D eigenvalue weighted by atomic mass is 10.1. The van der Waals surface area contributed by atoms with Gasteiger partial charge in [-0.15, -0.1) is 0 Å². The number of aromatic nitrogens is 3. The number of carbonyl (C=O) groups excluding carboxylic acids is 1. The summed E-state index contributed by atoms with van der Waals surface area (Å²) in [6.07, 6.45) is 1.78. The van der Waals surface area contributed by atoms with Crippen molar-refractivity contribution < 1.29 is 4.79 Å². The molecule has 5 nitrogen and oxygen atoms in total. The van der Waals surface area contributed by atoms with E-state index in [0.717, 1.165) is 27.0 Å². The second kappa shape index (κ2) is 7.81. The summed E-state index contributed by atoms with van der Waals surface area (Å²) in [6.45, 7) is 4.08. The molecular weight excluding hydrogens is 404 g/mol. The average Bonchev–Trinajstić information content (AvgIpc) is 3.39. The fraction of sp³-hybridized carbons (Fsp3) is 0.0800. The van der Waals surface area contributed by atoms with Gasteiger partial charge in [-0.25, -0.2) is 9.67 Å². The Hall–Kier alpha value is -3.77. The van der Waals surface area contributed by atoms with Gasteiger partial charge in [-0.1, -0.05) is 65.4 Å². The fourth-order valence-electron chi connectivity index (χ4n) is 3.43. The van der Waals surface area contributed by atoms with Crippen molar-refractivity contribution in [1.82, 2.24) is 14.8 Å². The highest BCUT2D eigenvalue weighted by Gasteiger charge is 2.20. The van der Waals surface area contributed by atoms with E-state index in [2.05, 4.69) is 16.4 Å². The van der Waals surface area contributed by atoms with Crippen molar-refractivity contribution >= 4 is 32.6 Å². The minimum atomic E-state index is -0.228. The third-order valence-corrected chi connectivity index (χ3v) is 6.00. The molecule has 0 unspecified atom stereocenters. The van der Waals surface area contributed by atoms with Gasteiger partial charge < -0.3 is 0 Å². The average molecular weight is 425 g/mol. The maximum atomic E-state index is 13.3. The standard InChI is InChI=1S/C25H20N4OS/c1-16-8-11-18(12-9-16)23-20(15-29(28-23)19-6-4-3-5-7-19)24(30)27-25-26-21-13-10-17(2)14-22(21)31-25/h3-15H,1-2H3,(H,26,27,30). The van der Waals surface area contributed by atoms with Gasteiger partial charge in [0.15, 0.2) is 5.13 Å². The van der Waals surface area contributed by atoms with Crippen LogP contribution in [-0.4, -0.2) is 20.7 Å². The van der Waals surface area contributed by atoms with Crippen molar-refractivity contribution in [3.05, 3.63) is 95.7 Å². The zero-order chi connectivity index (χ0) is 21.4. The lowest BCUT2D eigenvalue weighted by Gasteiger charge is -2.03. The van der Waals surface area contributed by atoms with Crippen LogP contribution in [0.3, 0.4) is 0 Å². The largest absolute Gasteiger partial charge is 0.298 e. The molecule has 5 aromatic rings. The number of para-hydroxylation sites is 1. The van der Waals surface area contributed by atoms with Crippen molar-refractivity contribution in [2.24, 2.45) is 0 Å². The molecule has 0 aliphatic heterocycles. The maximum Gasteiger partial charge on any atom is 0.261 e. The molecule has 0 saturated carbocycles. The highest BCUT2D eigenvalue weighted by Crippen LogP contribution is 2.29. The molecule has 0 aliphatic carbocycles. The number of nitrogens with one attached hydrogen (secondary N) is 1. The highest BCUT2D eigenvalue weighted by atomic mass is 32.1. The van der Waals surface area contributed by atoms with E-state index in [1.165, 1.54) is 16.9 Å². The minimum Gasteiger partial charge on any atom is -0.298 e. The van der Waals surface area contributed by atoms with Gasteiger partial charge in [0.05, 0.1) is 21.5 Å². The Balaban J connectivity index is 1.54. The van der Waals surface area contributed by atoms with Crippen molar-refractivity contribution in [3.63, 3.8) is 0 Å². The number of fused-ring (bicyclic) bond motifs is 1. The summed E-state index contributed by atoms with van der Waals surface area (Å²) in [6, 6.07) is 23.9. The molecule has 3 aromatic carbocycles. The molecule has 0 fully saturated rings. The minimum absolute atomic E-state index is 0.228. The maximum absolute atomic E-state index is 13.3. The van der Waals surface area contributed by atoms with Crippen molar-refractivity contribution in [3.8, 4) is 16.9 Å². The van der Waals surface area contributed by atoms with Crippen LogP contribution in [0.5, 0.6) is 0 Å². The second-order valence-corrected chi connectivity index (χ2v) is 8.51. The Bertz CT molecular complexity index is 1380. The summed E-state index contributed by atoms with van der Waals surface area (Å²) in [5, 5.41) is 8.28. The topological polar surface area (TPSA) is 59.8 Å². The molecular formula is C25H20N4OS. The van der Waals surface area contributed by atoms with Crippen molar-refractivity contribution in [1.29, 1.82) is 0 Å². The molecule has 31 heavy (non-hydrogen) atoms. The smallest absolute Gasteiger partial charge is 0.261 e. The Morgan fingerprint density at radius 2 is 1.68 bits per heavy atom. The number of thiazole rings is 1. The normalized spacial score (nSPS) is 11.0. The molecule has 0 bridgehead atoms. The number of nitrogens with zero attached hydrogens (tertiary/aromatic N) is 3. The van der Waals surface area contributed by atoms with E-state index >= 15 is 0 Å². The quantitative estimate of drug-likeness (QED) is 0.384. The van der Waals surface area contributed by atoms with Crippen LogP contribution in [0.4, 0.5) is 5.13 Å². The first kappa shape index (κ1) is 19.2. The number of anilines is 1. The van der Waals surface area contributed by atoms with Crippen LogP contribution in [0, 0.1) is 13.8 Å². The SMILES string of the molecule is Cc1ccc(-c2nn(-c3ccccc3)cc2C(=O)Nc2nc3ccc(C)cc3s2)cc1. The number of hydrogen-bond donors (Lipinski definition) is 1. The number of carbonyl (C=O) groups is 1. The molecule has 1 amide bonds. The van der Waals surface area contributed by atoms with Gasteiger partial charge in [0.25, 0.3) is 5.91 Å². The summed E-state index contributed by atoms with van der Waals surface area (Å²) in [5.41, 5.74) is 6.13. The van der Waals surface area contributed by atoms with Gasteiger partial charge in [-0.05, 0) is 43.7 Å². The molecule has 0 radical (unpaired) electrons. The van der Waals surface area contributed by atoms with Gasteiger partial charge in [0, 0.05) is 11.8 Å². The number of amides is 1. The fourth-order valence-corrected chi connectivity index (χ4v) is 4.39. The first-order valence-corrected chi connectivity index (χ1v) is 10.8. The number of benzene rings is 3. The van der Waals surface area contributed by atoms with Gasteiger partial charge in [0.2, 0.25) is 0 Å². The third kappa shape index (κ3) is 3.85. The lowest BCUT2D eigenvalue weighted by Crippen LogP contribution is -2.12. The summed E-state index contributed by atoms with van der Waals surface area (Å²) in [4.78, 5) is 17.8. The number of hydrogen-bond acceptors (Lipinski definition) is 4. The molecule has 5 rings (SSSR count). The van der Waals surface area contributed by atoms with Crippen LogP contribution in [0.15, 0.2) is 79.0 Å². The number of rotatable bonds is 4. The summed E-state index contributed by atoms with van der Waals surface area (Å²) < 4.78 is 2.79. The monoisotopic (exact) mass is 424 g/mol. The van der Waals surface area contributed by atoms with Gasteiger partial charge in [-0.3, -0.25) is 10.1 Å². The van der Waals surface area contributed by atoms with E-state index in [9.17, 15) is 4.79 Å². The Kier molecular flexibility index (Phi) is 4.84. The molecule has 0 aliphatic rings. The molecule has 0 atom stereocenters. The van der Waals surface area contributed by atoms with E-state index in [4.69, 9.17) is 5.10 Å². The zero-order valence-corrected chi connectivity index (χ0v) is 18.0. The van der Waals surface area contributed by atoms with Gasteiger partial charge >= 0.3 is 0 Å². The zero-order valence-electron chi connectivity index (χ0n) is 17.2. The molecule has 2 aromatic heterocycles. The van der Waals surface area contributed by atoms with Crippen LogP contribution in [-0.2, 0) is 0 Å². The van der Waals surface area contributed by atoms with E-state index < -0.39 is 0 Å². The van der Waals surface area contributed by atoms with Crippen molar-refractivity contribution in [2.45, 2.75) is 13.8 Å². The first-order chi connectivity index (χ1) is 15.1. The second-order valence-electron chi connectivity index (χ2n) is 7.48. The number of aryl methyl sites for hydroxylation is 2. The molecule has 1 N–H and O–H groups in total. The van der Waals surface area contributed by atoms with Crippen LogP contribution in [0.2, 0.25) is 0 Å². The van der Waals surface area contributed by atoms with E-state index in [1.807, 2.05) is 80.6 Å². The summed E-state index contributed by atoms with van der Waals surface area (Å²) in [5.74, 6) is -0.228. The van der Waals surface area contributed by atoms with Gasteiger partial charge in [0.1, 0.15) is 5.69 Å². The highest BCUT2D eigenvalue weighted by molar-refractivity contribution is 7.22. The molecule has 6 heteroatoms. The van der Waals surface area contributed by atoms with Crippen molar-refractivity contribution in [2.75, 3.05) is 5.32 Å². The predicted molar refractivity (Wildman–Crippen MR) is 126 cm³/mol. The lowest BCUT2D eigenvalue weighted by molar-refractivity contribution is 0.102.